The lowest BCUT2D eigenvalue weighted by molar-refractivity contribution is -0.134. The van der Waals surface area contributed by atoms with Gasteiger partial charge in [0.15, 0.2) is 5.69 Å². The Morgan fingerprint density at radius 1 is 0.769 bits per heavy atom. The lowest BCUT2D eigenvalue weighted by Gasteiger charge is -2.40. The number of anilines is 1. The molecule has 3 aliphatic rings. The van der Waals surface area contributed by atoms with Gasteiger partial charge in [0.05, 0.1) is 35.9 Å². The van der Waals surface area contributed by atoms with Crippen molar-refractivity contribution in [2.24, 2.45) is 11.7 Å². The molecule has 78 heavy (non-hydrogen) atoms. The number of nitrogens with two attached hydrogens (primary N) is 1. The van der Waals surface area contributed by atoms with E-state index in [1.165, 1.54) is 23.1 Å². The second kappa shape index (κ2) is 25.1. The van der Waals surface area contributed by atoms with Crippen LogP contribution in [0.5, 0.6) is 0 Å². The van der Waals surface area contributed by atoms with Crippen LogP contribution in [0.3, 0.4) is 0 Å². The Labute approximate surface area is 455 Å². The number of halogens is 1. The van der Waals surface area contributed by atoms with Crippen molar-refractivity contribution in [3.05, 3.63) is 142 Å². The lowest BCUT2D eigenvalue weighted by atomic mass is 9.95. The topological polar surface area (TPSA) is 224 Å². The fourth-order valence-corrected chi connectivity index (χ4v) is 10.1. The normalized spacial score (nSPS) is 15.7. The third kappa shape index (κ3) is 14.6. The van der Waals surface area contributed by atoms with Crippen molar-refractivity contribution in [1.82, 2.24) is 44.2 Å². The number of likely N-dealkylation sites (tertiary alicyclic amines) is 1. The summed E-state index contributed by atoms with van der Waals surface area (Å²) in [5.74, 6) is -2.30. The third-order valence-corrected chi connectivity index (χ3v) is 14.4. The molecule has 0 atom stereocenters. The van der Waals surface area contributed by atoms with Crippen LogP contribution in [-0.2, 0) is 33.7 Å². The SMILES string of the molecule is CCc1cnn(-c2cnc(C(=O)N3CCC(CN4CCN(CC(=O)N5CCN(C(=O)c6cc(CC(=N)c7ccccc7C(N)=O)ccc6F)CC5)CC4)CC3)c(NC(=O)CN(Cc3cccc(C)c3)C(=O)OC(C)(C)C)c2)c1. The van der Waals surface area contributed by atoms with Gasteiger partial charge in [-0.25, -0.2) is 18.9 Å². The molecule has 3 saturated heterocycles. The van der Waals surface area contributed by atoms with E-state index in [1.807, 2.05) is 44.3 Å². The Bertz CT molecular complexity index is 3020. The number of hydrogen-bond acceptors (Lipinski definition) is 12. The van der Waals surface area contributed by atoms with Gasteiger partial charge in [0, 0.05) is 108 Å². The van der Waals surface area contributed by atoms with Crippen molar-refractivity contribution in [1.29, 1.82) is 5.41 Å². The van der Waals surface area contributed by atoms with Gasteiger partial charge in [-0.05, 0) is 93.8 Å². The summed E-state index contributed by atoms with van der Waals surface area (Å²) in [6.45, 7) is 15.4. The van der Waals surface area contributed by atoms with Gasteiger partial charge in [0.1, 0.15) is 18.0 Å². The molecule has 2 aromatic heterocycles. The average Bonchev–Trinajstić information content (AvgIpc) is 3.94. The molecule has 6 amide bonds. The molecule has 5 aromatic rings. The number of piperazine rings is 2. The summed E-state index contributed by atoms with van der Waals surface area (Å²) in [7, 11) is 0. The van der Waals surface area contributed by atoms with E-state index in [1.54, 1.807) is 82.9 Å². The number of nitrogens with zero attached hydrogens (tertiary/aromatic N) is 9. The van der Waals surface area contributed by atoms with E-state index in [-0.39, 0.29) is 79.2 Å². The minimum Gasteiger partial charge on any atom is -0.444 e. The van der Waals surface area contributed by atoms with Crippen molar-refractivity contribution in [3.63, 3.8) is 0 Å². The number of piperidine rings is 1. The van der Waals surface area contributed by atoms with Crippen LogP contribution in [0.4, 0.5) is 14.9 Å². The highest BCUT2D eigenvalue weighted by molar-refractivity contribution is 6.09. The first-order chi connectivity index (χ1) is 37.3. The highest BCUT2D eigenvalue weighted by atomic mass is 19.1. The monoisotopic (exact) mass is 1070 g/mol. The molecule has 0 bridgehead atoms. The molecule has 0 unspecified atom stereocenters. The minimum absolute atomic E-state index is 0.0183. The Hall–Kier alpha value is -7.84. The molecule has 3 aromatic carbocycles. The molecule has 19 nitrogen and oxygen atoms in total. The predicted molar refractivity (Wildman–Crippen MR) is 293 cm³/mol. The molecule has 20 heteroatoms. The summed E-state index contributed by atoms with van der Waals surface area (Å²) < 4.78 is 22.4. The van der Waals surface area contributed by atoms with E-state index in [0.717, 1.165) is 68.7 Å². The highest BCUT2D eigenvalue weighted by Crippen LogP contribution is 2.26. The fraction of sp³-hybridized carbons (Fsp3) is 0.431. The molecule has 0 radical (unpaired) electrons. The van der Waals surface area contributed by atoms with Crippen LogP contribution in [0.25, 0.3) is 5.69 Å². The van der Waals surface area contributed by atoms with Crippen LogP contribution in [0.2, 0.25) is 0 Å². The van der Waals surface area contributed by atoms with E-state index in [9.17, 15) is 28.8 Å². The summed E-state index contributed by atoms with van der Waals surface area (Å²) in [4.78, 5) is 96.4. The molecule has 412 valence electrons. The summed E-state index contributed by atoms with van der Waals surface area (Å²) >= 11 is 0. The first-order valence-corrected chi connectivity index (χ1v) is 26.7. The molecule has 4 N–H and O–H groups in total. The van der Waals surface area contributed by atoms with E-state index < -0.39 is 35.2 Å². The van der Waals surface area contributed by atoms with E-state index in [4.69, 9.17) is 15.9 Å². The molecule has 0 spiro atoms. The van der Waals surface area contributed by atoms with Crippen LogP contribution in [0, 0.1) is 24.1 Å². The molecule has 0 aliphatic carbocycles. The maximum absolute atomic E-state index is 15.1. The maximum Gasteiger partial charge on any atom is 0.411 e. The first kappa shape index (κ1) is 56.4. The van der Waals surface area contributed by atoms with Crippen LogP contribution >= 0.6 is 0 Å². The number of ether oxygens (including phenoxy) is 1. The van der Waals surface area contributed by atoms with E-state index in [0.29, 0.717) is 48.9 Å². The zero-order chi connectivity index (χ0) is 55.7. The van der Waals surface area contributed by atoms with Crippen molar-refractivity contribution < 1.29 is 37.9 Å². The predicted octanol–water partition coefficient (Wildman–Crippen LogP) is 5.82. The van der Waals surface area contributed by atoms with Gasteiger partial charge >= 0.3 is 6.09 Å². The highest BCUT2D eigenvalue weighted by Gasteiger charge is 2.32. The Morgan fingerprint density at radius 2 is 1.45 bits per heavy atom. The Balaban J connectivity index is 0.805. The number of nitrogens with one attached hydrogen (secondary N) is 2. The number of rotatable bonds is 17. The third-order valence-electron chi connectivity index (χ3n) is 14.4. The first-order valence-electron chi connectivity index (χ1n) is 26.7. The van der Waals surface area contributed by atoms with Gasteiger partial charge in [-0.15, -0.1) is 0 Å². The second-order valence-corrected chi connectivity index (χ2v) is 21.5. The zero-order valence-corrected chi connectivity index (χ0v) is 45.3. The van der Waals surface area contributed by atoms with Crippen LogP contribution < -0.4 is 11.1 Å². The molecule has 0 saturated carbocycles. The Kier molecular flexibility index (Phi) is 18.1. The van der Waals surface area contributed by atoms with Gasteiger partial charge in [0.25, 0.3) is 11.8 Å². The number of carbonyl (C=O) groups is 6. The summed E-state index contributed by atoms with van der Waals surface area (Å²) in [6.07, 6.45) is 6.97. The van der Waals surface area contributed by atoms with E-state index >= 15 is 4.39 Å². The van der Waals surface area contributed by atoms with Crippen LogP contribution in [-0.4, -0.2) is 176 Å². The Morgan fingerprint density at radius 3 is 2.12 bits per heavy atom. The number of benzene rings is 3. The second-order valence-electron chi connectivity index (χ2n) is 21.5. The number of pyridine rings is 1. The molecule has 8 rings (SSSR count). The van der Waals surface area contributed by atoms with Crippen molar-refractivity contribution in [2.45, 2.75) is 72.4 Å². The molecule has 3 fully saturated rings. The molecular formula is C58H71FN12O7. The number of primary amides is 1. The van der Waals surface area contributed by atoms with Gasteiger partial charge in [-0.3, -0.25) is 33.8 Å². The fourth-order valence-electron chi connectivity index (χ4n) is 10.1. The number of hydrogen-bond donors (Lipinski definition) is 3. The van der Waals surface area contributed by atoms with E-state index in [2.05, 4.69) is 25.2 Å². The van der Waals surface area contributed by atoms with Gasteiger partial charge < -0.3 is 40.8 Å². The minimum atomic E-state index is -0.793. The summed E-state index contributed by atoms with van der Waals surface area (Å²) in [6, 6.07) is 20.1. The number of carbonyl (C=O) groups excluding carboxylic acids is 6. The maximum atomic E-state index is 15.1. The number of aromatic nitrogens is 3. The van der Waals surface area contributed by atoms with Crippen molar-refractivity contribution in [2.75, 3.05) is 90.4 Å². The van der Waals surface area contributed by atoms with Crippen LogP contribution in [0.15, 0.2) is 91.4 Å². The molecular weight excluding hydrogens is 996 g/mol. The lowest BCUT2D eigenvalue weighted by Crippen LogP contribution is -2.55. The zero-order valence-electron chi connectivity index (χ0n) is 45.3. The standard InChI is InChI=1S/C58H71FN12O7/c1-6-40-32-63-71(36-40)44-31-50(64-51(72)37-70(57(77)78-58(3,4)5)35-43-11-9-10-39(2)28-43)53(62-33-44)56(76)68-18-16-41(17-19-68)34-65-20-22-66(23-21-65)38-52(73)67-24-26-69(27-25-67)55(75)47-29-42(14-15-48(47)59)30-49(60)45-12-7-8-13-46(45)54(61)74/h7-15,28-29,31-33,36,41,60H,6,16-27,30,34-35,37-38H2,1-5H3,(H2,61,74)(H,64,72). The number of amides is 6. The molecule has 5 heterocycles. The van der Waals surface area contributed by atoms with Gasteiger partial charge in [-0.1, -0.05) is 61.0 Å². The van der Waals surface area contributed by atoms with Crippen LogP contribution in [0.1, 0.15) is 99.6 Å². The summed E-state index contributed by atoms with van der Waals surface area (Å²) in [5.41, 5.74) is 9.58. The summed E-state index contributed by atoms with van der Waals surface area (Å²) in [5, 5.41) is 16.0. The van der Waals surface area contributed by atoms with Gasteiger partial charge in [0.2, 0.25) is 17.7 Å². The van der Waals surface area contributed by atoms with Crippen molar-refractivity contribution >= 4 is 47.0 Å². The smallest absolute Gasteiger partial charge is 0.411 e. The van der Waals surface area contributed by atoms with Crippen molar-refractivity contribution in [3.8, 4) is 5.69 Å². The number of aryl methyl sites for hydroxylation is 2. The van der Waals surface area contributed by atoms with Gasteiger partial charge in [-0.2, -0.15) is 5.10 Å². The average molecular weight is 1070 g/mol. The quantitative estimate of drug-likeness (QED) is 0.0942. The molecule has 3 aliphatic heterocycles. The largest absolute Gasteiger partial charge is 0.444 e.